The first kappa shape index (κ1) is 19.0. The molecule has 0 atom stereocenters. The minimum Gasteiger partial charge on any atom is -0.494 e. The van der Waals surface area contributed by atoms with E-state index < -0.39 is 0 Å². The molecule has 0 spiro atoms. The molecule has 0 amide bonds. The van der Waals surface area contributed by atoms with Crippen LogP contribution in [0.25, 0.3) is 0 Å². The van der Waals surface area contributed by atoms with Crippen LogP contribution in [0, 0.1) is 0 Å². The molecule has 0 aliphatic heterocycles. The molecule has 0 unspecified atom stereocenters. The van der Waals surface area contributed by atoms with Crippen molar-refractivity contribution in [1.29, 1.82) is 0 Å². The van der Waals surface area contributed by atoms with Crippen LogP contribution in [-0.2, 0) is 6.54 Å². The summed E-state index contributed by atoms with van der Waals surface area (Å²) >= 11 is 0. The van der Waals surface area contributed by atoms with Crippen molar-refractivity contribution in [3.63, 3.8) is 0 Å². The first-order chi connectivity index (χ1) is 8.90. The average molecular weight is 391 g/mol. The van der Waals surface area contributed by atoms with Gasteiger partial charge in [0.2, 0.25) is 0 Å². The van der Waals surface area contributed by atoms with Gasteiger partial charge in [0.05, 0.1) is 13.2 Å². The maximum absolute atomic E-state index is 5.83. The molecule has 4 nitrogen and oxygen atoms in total. The topological polar surface area (TPSA) is 59.6 Å². The second-order valence-electron chi connectivity index (χ2n) is 5.57. The molecule has 0 aliphatic rings. The Labute approximate surface area is 139 Å². The summed E-state index contributed by atoms with van der Waals surface area (Å²) in [4.78, 5) is 4.33. The second-order valence-corrected chi connectivity index (χ2v) is 5.57. The van der Waals surface area contributed by atoms with E-state index in [9.17, 15) is 0 Å². The van der Waals surface area contributed by atoms with Crippen molar-refractivity contribution in [3.05, 3.63) is 29.8 Å². The van der Waals surface area contributed by atoms with Crippen molar-refractivity contribution in [2.75, 3.05) is 6.61 Å². The predicted octanol–water partition coefficient (Wildman–Crippen LogP) is 3.30. The summed E-state index contributed by atoms with van der Waals surface area (Å²) < 4.78 is 5.59. The van der Waals surface area contributed by atoms with Crippen molar-refractivity contribution in [3.8, 4) is 5.75 Å². The van der Waals surface area contributed by atoms with Crippen LogP contribution in [-0.4, -0.2) is 18.1 Å². The molecular weight excluding hydrogens is 365 g/mol. The number of benzene rings is 1. The van der Waals surface area contributed by atoms with Gasteiger partial charge in [0.15, 0.2) is 5.96 Å². The van der Waals surface area contributed by atoms with Crippen molar-refractivity contribution in [2.45, 2.75) is 46.2 Å². The minimum absolute atomic E-state index is 0. The van der Waals surface area contributed by atoms with E-state index in [0.29, 0.717) is 12.5 Å². The van der Waals surface area contributed by atoms with Gasteiger partial charge in [-0.1, -0.05) is 19.1 Å². The smallest absolute Gasteiger partial charge is 0.189 e. The lowest BCUT2D eigenvalue weighted by atomic mass is 10.1. The SMILES string of the molecule is CCCOc1cccc(CN=C(N)NC(C)(C)C)c1.I. The highest BCUT2D eigenvalue weighted by Gasteiger charge is 2.09. The predicted molar refractivity (Wildman–Crippen MR) is 95.9 cm³/mol. The molecule has 5 heteroatoms. The van der Waals surface area contributed by atoms with E-state index in [-0.39, 0.29) is 29.5 Å². The largest absolute Gasteiger partial charge is 0.494 e. The number of nitrogens with two attached hydrogens (primary N) is 1. The van der Waals surface area contributed by atoms with Gasteiger partial charge in [-0.3, -0.25) is 0 Å². The zero-order chi connectivity index (χ0) is 14.3. The zero-order valence-corrected chi connectivity index (χ0v) is 15.1. The van der Waals surface area contributed by atoms with Crippen LogP contribution in [0.2, 0.25) is 0 Å². The number of nitrogens with zero attached hydrogens (tertiary/aromatic N) is 1. The van der Waals surface area contributed by atoms with Crippen LogP contribution in [0.5, 0.6) is 5.75 Å². The van der Waals surface area contributed by atoms with Crippen LogP contribution in [0.1, 0.15) is 39.7 Å². The van der Waals surface area contributed by atoms with Gasteiger partial charge in [0, 0.05) is 5.54 Å². The summed E-state index contributed by atoms with van der Waals surface area (Å²) in [7, 11) is 0. The van der Waals surface area contributed by atoms with Gasteiger partial charge in [-0.2, -0.15) is 0 Å². The van der Waals surface area contributed by atoms with Crippen molar-refractivity contribution in [1.82, 2.24) is 5.32 Å². The Bertz CT molecular complexity index is 427. The molecule has 114 valence electrons. The fourth-order valence-corrected chi connectivity index (χ4v) is 1.55. The van der Waals surface area contributed by atoms with Gasteiger partial charge in [0.1, 0.15) is 5.75 Å². The number of hydrogen-bond donors (Lipinski definition) is 2. The number of aliphatic imine (C=N–C) groups is 1. The van der Waals surface area contributed by atoms with Gasteiger partial charge < -0.3 is 15.8 Å². The van der Waals surface area contributed by atoms with E-state index in [1.165, 1.54) is 0 Å². The Morgan fingerprint density at radius 3 is 2.65 bits per heavy atom. The number of rotatable bonds is 5. The maximum Gasteiger partial charge on any atom is 0.189 e. The molecule has 20 heavy (non-hydrogen) atoms. The molecule has 0 radical (unpaired) electrons. The third-order valence-corrected chi connectivity index (χ3v) is 2.31. The summed E-state index contributed by atoms with van der Waals surface area (Å²) in [5.41, 5.74) is 6.85. The van der Waals surface area contributed by atoms with Crippen LogP contribution in [0.15, 0.2) is 29.3 Å². The molecule has 0 aromatic heterocycles. The van der Waals surface area contributed by atoms with Gasteiger partial charge in [-0.05, 0) is 44.9 Å². The lowest BCUT2D eigenvalue weighted by Gasteiger charge is -2.21. The molecule has 0 saturated heterocycles. The summed E-state index contributed by atoms with van der Waals surface area (Å²) in [6.07, 6.45) is 1.00. The van der Waals surface area contributed by atoms with E-state index in [2.05, 4.69) is 38.0 Å². The number of guanidine groups is 1. The molecule has 3 N–H and O–H groups in total. The zero-order valence-electron chi connectivity index (χ0n) is 12.8. The lowest BCUT2D eigenvalue weighted by Crippen LogP contribution is -2.44. The van der Waals surface area contributed by atoms with Gasteiger partial charge in [0.25, 0.3) is 0 Å². The average Bonchev–Trinajstić information content (AvgIpc) is 2.32. The normalized spacial score (nSPS) is 11.7. The summed E-state index contributed by atoms with van der Waals surface area (Å²) in [5.74, 6) is 1.35. The third-order valence-electron chi connectivity index (χ3n) is 2.31. The fourth-order valence-electron chi connectivity index (χ4n) is 1.55. The van der Waals surface area contributed by atoms with Crippen LogP contribution < -0.4 is 15.8 Å². The maximum atomic E-state index is 5.83. The third kappa shape index (κ3) is 8.24. The van der Waals surface area contributed by atoms with E-state index in [0.717, 1.165) is 24.3 Å². The Balaban J connectivity index is 0.00000361. The van der Waals surface area contributed by atoms with Crippen LogP contribution >= 0.6 is 24.0 Å². The number of nitrogens with one attached hydrogen (secondary N) is 1. The fraction of sp³-hybridized carbons (Fsp3) is 0.533. The van der Waals surface area contributed by atoms with Gasteiger partial charge in [-0.15, -0.1) is 24.0 Å². The van der Waals surface area contributed by atoms with Crippen LogP contribution in [0.4, 0.5) is 0 Å². The molecule has 0 heterocycles. The molecule has 0 bridgehead atoms. The number of ether oxygens (including phenoxy) is 1. The second kappa shape index (κ2) is 9.05. The highest BCUT2D eigenvalue weighted by atomic mass is 127. The van der Waals surface area contributed by atoms with Crippen molar-refractivity contribution >= 4 is 29.9 Å². The summed E-state index contributed by atoms with van der Waals surface area (Å²) in [6.45, 7) is 9.53. The molecule has 1 aromatic rings. The van der Waals surface area contributed by atoms with E-state index >= 15 is 0 Å². The van der Waals surface area contributed by atoms with E-state index in [1.54, 1.807) is 0 Å². The quantitative estimate of drug-likeness (QED) is 0.460. The minimum atomic E-state index is -0.0698. The highest BCUT2D eigenvalue weighted by molar-refractivity contribution is 14.0. The number of halogens is 1. The lowest BCUT2D eigenvalue weighted by molar-refractivity contribution is 0.317. The first-order valence-corrected chi connectivity index (χ1v) is 6.70. The molecule has 0 aliphatic carbocycles. The summed E-state index contributed by atoms with van der Waals surface area (Å²) in [6, 6.07) is 7.96. The van der Waals surface area contributed by atoms with Gasteiger partial charge >= 0.3 is 0 Å². The van der Waals surface area contributed by atoms with Crippen LogP contribution in [0.3, 0.4) is 0 Å². The molecule has 0 fully saturated rings. The Hall–Kier alpha value is -0.980. The molecule has 1 aromatic carbocycles. The summed E-state index contributed by atoms with van der Waals surface area (Å²) in [5, 5.41) is 3.13. The first-order valence-electron chi connectivity index (χ1n) is 6.70. The Kier molecular flexibility index (Phi) is 8.60. The van der Waals surface area contributed by atoms with Crippen molar-refractivity contribution < 1.29 is 4.74 Å². The molecule has 1 rings (SSSR count). The van der Waals surface area contributed by atoms with Gasteiger partial charge in [-0.25, -0.2) is 4.99 Å². The standard InChI is InChI=1S/C15H25N3O.HI/c1-5-9-19-13-8-6-7-12(10-13)11-17-14(16)18-15(2,3)4;/h6-8,10H,5,9,11H2,1-4H3,(H3,16,17,18);1H. The Morgan fingerprint density at radius 2 is 2.05 bits per heavy atom. The molecular formula is C15H26IN3O. The van der Waals surface area contributed by atoms with E-state index in [1.807, 2.05) is 24.3 Å². The number of hydrogen-bond acceptors (Lipinski definition) is 2. The Morgan fingerprint density at radius 1 is 1.35 bits per heavy atom. The monoisotopic (exact) mass is 391 g/mol. The van der Waals surface area contributed by atoms with E-state index in [4.69, 9.17) is 10.5 Å². The highest BCUT2D eigenvalue weighted by Crippen LogP contribution is 2.14. The molecule has 0 saturated carbocycles. The van der Waals surface area contributed by atoms with Crippen molar-refractivity contribution in [2.24, 2.45) is 10.7 Å².